The summed E-state index contributed by atoms with van der Waals surface area (Å²) in [6.45, 7) is 2.16. The van der Waals surface area contributed by atoms with Crippen LogP contribution < -0.4 is 4.74 Å². The summed E-state index contributed by atoms with van der Waals surface area (Å²) in [7, 11) is 0. The first-order valence-electron chi connectivity index (χ1n) is 11.9. The number of aliphatic carboxylic acids is 1. The zero-order chi connectivity index (χ0) is 23.0. The molecular weight excluding hydrogens is 416 g/mol. The van der Waals surface area contributed by atoms with Gasteiger partial charge in [0.25, 0.3) is 0 Å². The van der Waals surface area contributed by atoms with Crippen LogP contribution in [-0.2, 0) is 16.0 Å². The molecule has 2 atom stereocenters. The van der Waals surface area contributed by atoms with E-state index in [1.165, 1.54) is 31.2 Å². The Morgan fingerprint density at radius 3 is 2.45 bits per heavy atom. The summed E-state index contributed by atoms with van der Waals surface area (Å²) in [5, 5.41) is 9.66. The van der Waals surface area contributed by atoms with E-state index in [0.717, 1.165) is 37.2 Å². The highest BCUT2D eigenvalue weighted by Gasteiger charge is 2.36. The fourth-order valence-corrected chi connectivity index (χ4v) is 4.95. The SMILES string of the molecule is O=C(O)/C(=C/c1ccc(OCCCc2cccnc2)cc1)CC(=O)N1C[C@H]2CCCC[C@H]2C1. The third-order valence-corrected chi connectivity index (χ3v) is 6.77. The summed E-state index contributed by atoms with van der Waals surface area (Å²) in [5.41, 5.74) is 2.06. The van der Waals surface area contributed by atoms with Crippen molar-refractivity contribution in [1.29, 1.82) is 0 Å². The smallest absolute Gasteiger partial charge is 0.332 e. The molecule has 1 saturated carbocycles. The molecule has 0 unspecified atom stereocenters. The number of amides is 1. The summed E-state index contributed by atoms with van der Waals surface area (Å²) < 4.78 is 5.80. The van der Waals surface area contributed by atoms with Gasteiger partial charge >= 0.3 is 5.97 Å². The first kappa shape index (κ1) is 23.0. The van der Waals surface area contributed by atoms with Gasteiger partial charge in [-0.3, -0.25) is 9.78 Å². The Balaban J connectivity index is 1.29. The lowest BCUT2D eigenvalue weighted by Gasteiger charge is -2.22. The van der Waals surface area contributed by atoms with Crippen LogP contribution in [0.1, 0.15) is 49.7 Å². The van der Waals surface area contributed by atoms with Crippen molar-refractivity contribution >= 4 is 18.0 Å². The maximum Gasteiger partial charge on any atom is 0.332 e. The molecule has 1 aliphatic heterocycles. The maximum atomic E-state index is 12.8. The van der Waals surface area contributed by atoms with E-state index in [1.54, 1.807) is 12.3 Å². The Morgan fingerprint density at radius 1 is 1.09 bits per heavy atom. The Morgan fingerprint density at radius 2 is 1.82 bits per heavy atom. The van der Waals surface area contributed by atoms with Gasteiger partial charge in [-0.2, -0.15) is 0 Å². The van der Waals surface area contributed by atoms with E-state index in [2.05, 4.69) is 11.1 Å². The van der Waals surface area contributed by atoms with Crippen LogP contribution in [0.4, 0.5) is 0 Å². The average molecular weight is 449 g/mol. The third-order valence-electron chi connectivity index (χ3n) is 6.77. The Kier molecular flexibility index (Phi) is 7.76. The van der Waals surface area contributed by atoms with Crippen molar-refractivity contribution in [3.63, 3.8) is 0 Å². The van der Waals surface area contributed by atoms with Gasteiger partial charge < -0.3 is 14.7 Å². The van der Waals surface area contributed by atoms with Crippen LogP contribution in [0.15, 0.2) is 54.4 Å². The number of carbonyl (C=O) groups excluding carboxylic acids is 1. The molecule has 33 heavy (non-hydrogen) atoms. The van der Waals surface area contributed by atoms with Crippen molar-refractivity contribution < 1.29 is 19.4 Å². The maximum absolute atomic E-state index is 12.8. The fraction of sp³-hybridized carbons (Fsp3) is 0.444. The second-order valence-corrected chi connectivity index (χ2v) is 9.14. The van der Waals surface area contributed by atoms with Crippen molar-refractivity contribution in [3.8, 4) is 5.75 Å². The van der Waals surface area contributed by atoms with Gasteiger partial charge in [0.15, 0.2) is 0 Å². The lowest BCUT2D eigenvalue weighted by molar-refractivity contribution is -0.136. The molecule has 4 rings (SSSR count). The van der Waals surface area contributed by atoms with Crippen molar-refractivity contribution in [2.75, 3.05) is 19.7 Å². The van der Waals surface area contributed by atoms with Crippen molar-refractivity contribution in [2.24, 2.45) is 11.8 Å². The molecule has 2 heterocycles. The molecule has 1 aliphatic carbocycles. The number of carboxylic acid groups (broad SMARTS) is 1. The number of ether oxygens (including phenoxy) is 1. The normalized spacial score (nSPS) is 20.4. The molecule has 2 aromatic rings. The number of fused-ring (bicyclic) bond motifs is 1. The zero-order valence-electron chi connectivity index (χ0n) is 19.0. The fourth-order valence-electron chi connectivity index (χ4n) is 4.95. The average Bonchev–Trinajstić information content (AvgIpc) is 3.27. The van der Waals surface area contributed by atoms with Crippen molar-refractivity contribution in [3.05, 3.63) is 65.5 Å². The predicted molar refractivity (Wildman–Crippen MR) is 127 cm³/mol. The molecule has 1 amide bonds. The van der Waals surface area contributed by atoms with Gasteiger partial charge in [-0.1, -0.05) is 31.0 Å². The number of benzene rings is 1. The van der Waals surface area contributed by atoms with Gasteiger partial charge in [-0.05, 0) is 72.9 Å². The largest absolute Gasteiger partial charge is 0.494 e. The molecule has 1 aromatic heterocycles. The Bertz CT molecular complexity index is 957. The lowest BCUT2D eigenvalue weighted by atomic mass is 9.82. The number of aromatic nitrogens is 1. The molecule has 6 heteroatoms. The van der Waals surface area contributed by atoms with Crippen LogP contribution in [0.25, 0.3) is 6.08 Å². The number of hydrogen-bond donors (Lipinski definition) is 1. The molecule has 1 aromatic carbocycles. The van der Waals surface area contributed by atoms with E-state index < -0.39 is 5.97 Å². The zero-order valence-corrected chi connectivity index (χ0v) is 19.0. The summed E-state index contributed by atoms with van der Waals surface area (Å²) in [4.78, 5) is 30.6. The van der Waals surface area contributed by atoms with E-state index >= 15 is 0 Å². The molecule has 2 aliphatic rings. The van der Waals surface area contributed by atoms with Crippen LogP contribution in [0.2, 0.25) is 0 Å². The number of carbonyl (C=O) groups is 2. The highest BCUT2D eigenvalue weighted by molar-refractivity contribution is 5.98. The summed E-state index contributed by atoms with van der Waals surface area (Å²) >= 11 is 0. The predicted octanol–water partition coefficient (Wildman–Crippen LogP) is 4.60. The number of carboxylic acids is 1. The quantitative estimate of drug-likeness (QED) is 0.448. The minimum absolute atomic E-state index is 0.0681. The van der Waals surface area contributed by atoms with E-state index in [-0.39, 0.29) is 17.9 Å². The van der Waals surface area contributed by atoms with Gasteiger partial charge in [0, 0.05) is 31.1 Å². The van der Waals surface area contributed by atoms with E-state index in [4.69, 9.17) is 4.74 Å². The van der Waals surface area contributed by atoms with Crippen LogP contribution >= 0.6 is 0 Å². The van der Waals surface area contributed by atoms with Gasteiger partial charge in [0.2, 0.25) is 5.91 Å². The van der Waals surface area contributed by atoms with Crippen molar-refractivity contribution in [1.82, 2.24) is 9.88 Å². The molecule has 6 nitrogen and oxygen atoms in total. The molecule has 1 saturated heterocycles. The lowest BCUT2D eigenvalue weighted by Crippen LogP contribution is -2.29. The number of rotatable bonds is 9. The number of aryl methyl sites for hydroxylation is 1. The molecular formula is C27H32N2O4. The highest BCUT2D eigenvalue weighted by Crippen LogP contribution is 2.36. The van der Waals surface area contributed by atoms with E-state index in [1.807, 2.05) is 41.4 Å². The number of likely N-dealkylation sites (tertiary alicyclic amines) is 1. The van der Waals surface area contributed by atoms with Gasteiger partial charge in [-0.15, -0.1) is 0 Å². The van der Waals surface area contributed by atoms with Crippen LogP contribution in [0.5, 0.6) is 5.75 Å². The minimum atomic E-state index is -1.05. The minimum Gasteiger partial charge on any atom is -0.494 e. The monoisotopic (exact) mass is 448 g/mol. The van der Waals surface area contributed by atoms with Gasteiger partial charge in [0.1, 0.15) is 5.75 Å². The van der Waals surface area contributed by atoms with Gasteiger partial charge in [-0.25, -0.2) is 4.79 Å². The van der Waals surface area contributed by atoms with Gasteiger partial charge in [0.05, 0.1) is 13.0 Å². The summed E-state index contributed by atoms with van der Waals surface area (Å²) in [6.07, 6.45) is 11.8. The number of pyridine rings is 1. The number of hydrogen-bond acceptors (Lipinski definition) is 4. The molecule has 174 valence electrons. The molecule has 1 N–H and O–H groups in total. The van der Waals surface area contributed by atoms with Crippen LogP contribution in [0.3, 0.4) is 0 Å². The van der Waals surface area contributed by atoms with Crippen LogP contribution in [0, 0.1) is 11.8 Å². The first-order chi connectivity index (χ1) is 16.1. The Labute approximate surface area is 195 Å². The number of nitrogens with zero attached hydrogens (tertiary/aromatic N) is 2. The van der Waals surface area contributed by atoms with E-state index in [9.17, 15) is 14.7 Å². The van der Waals surface area contributed by atoms with Crippen molar-refractivity contribution in [2.45, 2.75) is 44.9 Å². The molecule has 0 spiro atoms. The standard InChI is InChI=1S/C27H32N2O4/c30-26(29-18-22-7-1-2-8-23(22)19-29)16-24(27(31)32)15-20-9-11-25(12-10-20)33-14-4-6-21-5-3-13-28-17-21/h3,5,9-13,15,17,22-23H,1-2,4,6-8,14,16,18-19H2,(H,31,32)/b24-15+/t22-,23+. The highest BCUT2D eigenvalue weighted by atomic mass is 16.5. The molecule has 2 fully saturated rings. The second-order valence-electron chi connectivity index (χ2n) is 9.14. The second kappa shape index (κ2) is 11.1. The topological polar surface area (TPSA) is 79.7 Å². The van der Waals surface area contributed by atoms with E-state index in [0.29, 0.717) is 18.4 Å². The summed E-state index contributed by atoms with van der Waals surface area (Å²) in [5.74, 6) is 0.807. The summed E-state index contributed by atoms with van der Waals surface area (Å²) in [6, 6.07) is 11.3. The molecule has 0 radical (unpaired) electrons. The Hall–Kier alpha value is -3.15. The first-order valence-corrected chi connectivity index (χ1v) is 11.9. The van der Waals surface area contributed by atoms with Crippen LogP contribution in [-0.4, -0.2) is 46.6 Å². The molecule has 0 bridgehead atoms. The third kappa shape index (κ3) is 6.44.